The van der Waals surface area contributed by atoms with Gasteiger partial charge in [0, 0.05) is 24.8 Å². The summed E-state index contributed by atoms with van der Waals surface area (Å²) in [6, 6.07) is 15.7. The van der Waals surface area contributed by atoms with Crippen LogP contribution in [0, 0.1) is 11.3 Å². The summed E-state index contributed by atoms with van der Waals surface area (Å²) in [5.41, 5.74) is 1.88. The number of aliphatic hydroxyl groups excluding tert-OH is 1. The predicted molar refractivity (Wildman–Crippen MR) is 80.0 cm³/mol. The Labute approximate surface area is 124 Å². The van der Waals surface area contributed by atoms with E-state index in [4.69, 9.17) is 4.74 Å². The summed E-state index contributed by atoms with van der Waals surface area (Å²) in [6.07, 6.45) is 2.23. The molecule has 1 heterocycles. The minimum absolute atomic E-state index is 0.0295. The van der Waals surface area contributed by atoms with E-state index in [-0.39, 0.29) is 18.4 Å². The molecule has 2 atom stereocenters. The van der Waals surface area contributed by atoms with Crippen molar-refractivity contribution in [1.29, 1.82) is 5.26 Å². The van der Waals surface area contributed by atoms with Crippen LogP contribution in [-0.4, -0.2) is 23.8 Å². The molecular formula is C17H18N2O2. The Morgan fingerprint density at radius 1 is 1.19 bits per heavy atom. The van der Waals surface area contributed by atoms with Crippen LogP contribution in [0.15, 0.2) is 48.7 Å². The lowest BCUT2D eigenvalue weighted by Crippen LogP contribution is -2.12. The topological polar surface area (TPSA) is 66.1 Å². The maximum Gasteiger partial charge on any atom is 0.212 e. The molecule has 0 amide bonds. The highest BCUT2D eigenvalue weighted by molar-refractivity contribution is 5.33. The van der Waals surface area contributed by atoms with E-state index in [1.165, 1.54) is 0 Å². The number of rotatable bonds is 6. The van der Waals surface area contributed by atoms with E-state index in [0.29, 0.717) is 12.3 Å². The molecule has 0 fully saturated rings. The van der Waals surface area contributed by atoms with Crippen molar-refractivity contribution in [3.05, 3.63) is 59.8 Å². The second-order valence-corrected chi connectivity index (χ2v) is 4.77. The summed E-state index contributed by atoms with van der Waals surface area (Å²) in [4.78, 5) is 4.20. The van der Waals surface area contributed by atoms with Gasteiger partial charge in [-0.1, -0.05) is 36.4 Å². The first-order chi connectivity index (χ1) is 10.3. The van der Waals surface area contributed by atoms with Gasteiger partial charge in [0.1, 0.15) is 0 Å². The Balaban J connectivity index is 2.34. The first-order valence-corrected chi connectivity index (χ1v) is 6.85. The zero-order valence-electron chi connectivity index (χ0n) is 11.9. The third kappa shape index (κ3) is 3.59. The van der Waals surface area contributed by atoms with Crippen LogP contribution in [-0.2, 0) is 0 Å². The molecule has 0 radical (unpaired) electrons. The fraction of sp³-hybridized carbons (Fsp3) is 0.294. The molecule has 1 N–H and O–H groups in total. The molecule has 0 spiro atoms. The summed E-state index contributed by atoms with van der Waals surface area (Å²) in [7, 11) is 1.56. The van der Waals surface area contributed by atoms with E-state index in [2.05, 4.69) is 11.1 Å². The van der Waals surface area contributed by atoms with Crippen LogP contribution in [0.4, 0.5) is 0 Å². The highest BCUT2D eigenvalue weighted by Gasteiger charge is 2.24. The number of aliphatic hydroxyl groups is 1. The van der Waals surface area contributed by atoms with Gasteiger partial charge in [-0.15, -0.1) is 0 Å². The van der Waals surface area contributed by atoms with Crippen LogP contribution in [0.5, 0.6) is 5.88 Å². The monoisotopic (exact) mass is 282 g/mol. The van der Waals surface area contributed by atoms with Crippen molar-refractivity contribution >= 4 is 0 Å². The summed E-state index contributed by atoms with van der Waals surface area (Å²) in [6.45, 7) is 0.0295. The number of benzene rings is 1. The van der Waals surface area contributed by atoms with E-state index in [9.17, 15) is 10.4 Å². The first kappa shape index (κ1) is 15.0. The number of methoxy groups -OCH3 is 1. The van der Waals surface area contributed by atoms with Crippen LogP contribution in [0.25, 0.3) is 0 Å². The van der Waals surface area contributed by atoms with Crippen LogP contribution < -0.4 is 4.74 Å². The Kier molecular flexibility index (Phi) is 5.30. The lowest BCUT2D eigenvalue weighted by Gasteiger charge is -2.22. The number of hydrogen-bond donors (Lipinski definition) is 1. The molecule has 0 aliphatic heterocycles. The average molecular weight is 282 g/mol. The van der Waals surface area contributed by atoms with Crippen LogP contribution in [0.3, 0.4) is 0 Å². The largest absolute Gasteiger partial charge is 0.481 e. The third-order valence-corrected chi connectivity index (χ3v) is 3.54. The van der Waals surface area contributed by atoms with Crippen molar-refractivity contribution in [3.8, 4) is 11.9 Å². The molecule has 0 aliphatic rings. The lowest BCUT2D eigenvalue weighted by atomic mass is 9.81. The maximum absolute atomic E-state index is 9.56. The smallest absolute Gasteiger partial charge is 0.212 e. The van der Waals surface area contributed by atoms with Gasteiger partial charge in [-0.25, -0.2) is 4.98 Å². The number of aromatic nitrogens is 1. The van der Waals surface area contributed by atoms with E-state index in [1.54, 1.807) is 19.4 Å². The fourth-order valence-corrected chi connectivity index (χ4v) is 2.45. The van der Waals surface area contributed by atoms with Crippen molar-refractivity contribution < 1.29 is 9.84 Å². The van der Waals surface area contributed by atoms with E-state index >= 15 is 0 Å². The molecule has 0 aliphatic carbocycles. The second-order valence-electron chi connectivity index (χ2n) is 4.77. The van der Waals surface area contributed by atoms with Crippen LogP contribution in [0.2, 0.25) is 0 Å². The number of pyridine rings is 1. The zero-order chi connectivity index (χ0) is 15.1. The van der Waals surface area contributed by atoms with Crippen LogP contribution in [0.1, 0.15) is 29.4 Å². The molecule has 0 saturated heterocycles. The molecule has 4 nitrogen and oxygen atoms in total. The first-order valence-electron chi connectivity index (χ1n) is 6.85. The Bertz CT molecular complexity index is 590. The van der Waals surface area contributed by atoms with Gasteiger partial charge in [-0.05, 0) is 17.5 Å². The van der Waals surface area contributed by atoms with Crippen molar-refractivity contribution in [2.75, 3.05) is 13.7 Å². The molecule has 0 unspecified atom stereocenters. The van der Waals surface area contributed by atoms with Gasteiger partial charge >= 0.3 is 0 Å². The quantitative estimate of drug-likeness (QED) is 0.884. The molecule has 2 rings (SSSR count). The number of hydrogen-bond acceptors (Lipinski definition) is 4. The minimum atomic E-state index is -0.312. The molecule has 2 aromatic rings. The zero-order valence-corrected chi connectivity index (χ0v) is 11.9. The van der Waals surface area contributed by atoms with Gasteiger partial charge in [-0.2, -0.15) is 5.26 Å². The van der Waals surface area contributed by atoms with E-state index < -0.39 is 0 Å². The van der Waals surface area contributed by atoms with Gasteiger partial charge in [0.05, 0.1) is 19.1 Å². The van der Waals surface area contributed by atoms with Crippen LogP contribution >= 0.6 is 0 Å². The average Bonchev–Trinajstić information content (AvgIpc) is 2.56. The number of nitriles is 1. The summed E-state index contributed by atoms with van der Waals surface area (Å²) >= 11 is 0. The molecule has 108 valence electrons. The molecule has 21 heavy (non-hydrogen) atoms. The molecule has 0 bridgehead atoms. The Morgan fingerprint density at radius 2 is 1.95 bits per heavy atom. The van der Waals surface area contributed by atoms with Crippen molar-refractivity contribution in [1.82, 2.24) is 4.98 Å². The van der Waals surface area contributed by atoms with E-state index in [0.717, 1.165) is 11.1 Å². The predicted octanol–water partition coefficient (Wildman–Crippen LogP) is 2.86. The summed E-state index contributed by atoms with van der Waals surface area (Å²) in [5.74, 6) is 0.129. The van der Waals surface area contributed by atoms with Crippen molar-refractivity contribution in [2.24, 2.45) is 0 Å². The van der Waals surface area contributed by atoms with Gasteiger partial charge in [-0.3, -0.25) is 0 Å². The number of nitrogens with zero attached hydrogens (tertiary/aromatic N) is 2. The fourth-order valence-electron chi connectivity index (χ4n) is 2.45. The van der Waals surface area contributed by atoms with Gasteiger partial charge in [0.2, 0.25) is 5.88 Å². The molecule has 1 aromatic carbocycles. The Hall–Kier alpha value is -2.38. The molecule has 0 saturated carbocycles. The summed E-state index contributed by atoms with van der Waals surface area (Å²) < 4.78 is 5.05. The third-order valence-electron chi connectivity index (χ3n) is 3.54. The minimum Gasteiger partial charge on any atom is -0.481 e. The molecular weight excluding hydrogens is 264 g/mol. The van der Waals surface area contributed by atoms with E-state index in [1.807, 2.05) is 36.4 Å². The highest BCUT2D eigenvalue weighted by Crippen LogP contribution is 2.35. The maximum atomic E-state index is 9.56. The summed E-state index contributed by atoms with van der Waals surface area (Å²) in [5, 5.41) is 18.9. The second kappa shape index (κ2) is 7.41. The molecule has 4 heteroatoms. The van der Waals surface area contributed by atoms with Gasteiger partial charge < -0.3 is 9.84 Å². The van der Waals surface area contributed by atoms with Gasteiger partial charge in [0.25, 0.3) is 0 Å². The molecule has 1 aromatic heterocycles. The Morgan fingerprint density at radius 3 is 2.48 bits per heavy atom. The standard InChI is InChI=1S/C17H18N2O2/c1-21-17-8-7-14(12-19-17)15(9-10-20)16(11-18)13-5-3-2-4-6-13/h2-8,12,15-16,20H,9-10H2,1H3/t15-,16+/m0/s1. The number of ether oxygens (including phenoxy) is 1. The van der Waals surface area contributed by atoms with Crippen molar-refractivity contribution in [3.63, 3.8) is 0 Å². The van der Waals surface area contributed by atoms with Crippen molar-refractivity contribution in [2.45, 2.75) is 18.3 Å². The van der Waals surface area contributed by atoms with Gasteiger partial charge in [0.15, 0.2) is 0 Å². The highest BCUT2D eigenvalue weighted by atomic mass is 16.5. The SMILES string of the molecule is COc1ccc([C@H](CCO)[C@H](C#N)c2ccccc2)cn1. The normalized spacial score (nSPS) is 13.2. The lowest BCUT2D eigenvalue weighted by molar-refractivity contribution is 0.272.